The molecule has 1 aromatic carbocycles. The number of hydrogen-bond acceptors (Lipinski definition) is 1. The Hall–Kier alpha value is -1.28. The van der Waals surface area contributed by atoms with Crippen molar-refractivity contribution < 1.29 is 0 Å². The lowest BCUT2D eigenvalue weighted by atomic mass is 10.1. The number of nitrogens with zero attached hydrogens (tertiary/aromatic N) is 2. The van der Waals surface area contributed by atoms with Crippen LogP contribution in [-0.2, 0) is 6.54 Å². The molecule has 0 radical (unpaired) electrons. The highest BCUT2D eigenvalue weighted by molar-refractivity contribution is 6.20. The minimum absolute atomic E-state index is 0.00740. The van der Waals surface area contributed by atoms with Gasteiger partial charge in [-0.2, -0.15) is 5.10 Å². The van der Waals surface area contributed by atoms with Crippen LogP contribution < -0.4 is 0 Å². The van der Waals surface area contributed by atoms with Crippen LogP contribution in [0.5, 0.6) is 0 Å². The summed E-state index contributed by atoms with van der Waals surface area (Å²) in [6.45, 7) is 11.2. The molecule has 3 heteroatoms. The summed E-state index contributed by atoms with van der Waals surface area (Å²) in [5, 5.41) is 4.63. The minimum Gasteiger partial charge on any atom is -0.265 e. The predicted octanol–water partition coefficient (Wildman–Crippen LogP) is 4.46. The number of halogens is 1. The zero-order chi connectivity index (χ0) is 14.2. The lowest BCUT2D eigenvalue weighted by molar-refractivity contribution is 0.657. The molecule has 1 unspecified atom stereocenters. The van der Waals surface area contributed by atoms with Gasteiger partial charge in [0.15, 0.2) is 0 Å². The molecule has 0 saturated heterocycles. The topological polar surface area (TPSA) is 17.8 Å². The maximum atomic E-state index is 6.23. The monoisotopic (exact) mass is 276 g/mol. The van der Waals surface area contributed by atoms with Gasteiger partial charge in [-0.15, -0.1) is 11.6 Å². The van der Waals surface area contributed by atoms with Crippen molar-refractivity contribution in [2.24, 2.45) is 0 Å². The third-order valence-electron chi connectivity index (χ3n) is 3.45. The van der Waals surface area contributed by atoms with Crippen LogP contribution in [0.25, 0.3) is 0 Å². The summed E-state index contributed by atoms with van der Waals surface area (Å²) in [7, 11) is 0. The summed E-state index contributed by atoms with van der Waals surface area (Å²) in [6.07, 6.45) is 0. The fourth-order valence-electron chi connectivity index (χ4n) is 2.77. The van der Waals surface area contributed by atoms with Crippen molar-refractivity contribution >= 4 is 11.6 Å². The Labute approximate surface area is 120 Å². The fourth-order valence-corrected chi connectivity index (χ4v) is 3.09. The third kappa shape index (κ3) is 3.01. The van der Waals surface area contributed by atoms with Crippen LogP contribution in [0.3, 0.4) is 0 Å². The Bertz CT molecular complexity index is 577. The lowest BCUT2D eigenvalue weighted by Crippen LogP contribution is -2.05. The van der Waals surface area contributed by atoms with Gasteiger partial charge in [0.1, 0.15) is 0 Å². The molecule has 0 aliphatic rings. The second-order valence-corrected chi connectivity index (χ2v) is 6.01. The number of rotatable bonds is 3. The van der Waals surface area contributed by atoms with Gasteiger partial charge < -0.3 is 0 Å². The van der Waals surface area contributed by atoms with Crippen molar-refractivity contribution in [3.8, 4) is 0 Å². The van der Waals surface area contributed by atoms with E-state index >= 15 is 0 Å². The first kappa shape index (κ1) is 14.1. The number of benzene rings is 1. The Morgan fingerprint density at radius 3 is 2.16 bits per heavy atom. The van der Waals surface area contributed by atoms with E-state index in [1.807, 2.05) is 13.8 Å². The molecular formula is C16H21ClN2. The average Bonchev–Trinajstić information content (AvgIpc) is 2.52. The highest BCUT2D eigenvalue weighted by Gasteiger charge is 2.15. The zero-order valence-electron chi connectivity index (χ0n) is 12.3. The highest BCUT2D eigenvalue weighted by Crippen LogP contribution is 2.26. The van der Waals surface area contributed by atoms with Gasteiger partial charge in [0.2, 0.25) is 0 Å². The number of hydrogen-bond donors (Lipinski definition) is 0. The van der Waals surface area contributed by atoms with E-state index in [1.54, 1.807) is 0 Å². The second-order valence-electron chi connectivity index (χ2n) is 5.35. The third-order valence-corrected chi connectivity index (χ3v) is 3.67. The summed E-state index contributed by atoms with van der Waals surface area (Å²) < 4.78 is 2.05. The van der Waals surface area contributed by atoms with Crippen molar-refractivity contribution in [3.63, 3.8) is 0 Å². The molecule has 0 aliphatic carbocycles. The van der Waals surface area contributed by atoms with E-state index in [9.17, 15) is 0 Å². The molecule has 102 valence electrons. The molecule has 19 heavy (non-hydrogen) atoms. The summed E-state index contributed by atoms with van der Waals surface area (Å²) >= 11 is 6.23. The Morgan fingerprint density at radius 2 is 1.68 bits per heavy atom. The van der Waals surface area contributed by atoms with Crippen LogP contribution >= 0.6 is 11.6 Å². The molecule has 2 nitrogen and oxygen atoms in total. The summed E-state index contributed by atoms with van der Waals surface area (Å²) in [6, 6.07) is 6.62. The van der Waals surface area contributed by atoms with E-state index < -0.39 is 0 Å². The standard InChI is InChI=1S/C16H21ClN2/c1-10-6-11(2)8-15(7-10)9-19-14(5)16(12(3)17)13(4)18-19/h6-8,12H,9H2,1-5H3. The number of aromatic nitrogens is 2. The van der Waals surface area contributed by atoms with E-state index in [2.05, 4.69) is 48.8 Å². The normalized spacial score (nSPS) is 12.7. The fraction of sp³-hybridized carbons (Fsp3) is 0.438. The van der Waals surface area contributed by atoms with Crippen LogP contribution in [-0.4, -0.2) is 9.78 Å². The van der Waals surface area contributed by atoms with Crippen molar-refractivity contribution in [1.82, 2.24) is 9.78 Å². The van der Waals surface area contributed by atoms with Gasteiger partial charge in [-0.25, -0.2) is 0 Å². The largest absolute Gasteiger partial charge is 0.265 e. The zero-order valence-corrected chi connectivity index (χ0v) is 13.0. The predicted molar refractivity (Wildman–Crippen MR) is 81.0 cm³/mol. The van der Waals surface area contributed by atoms with E-state index in [1.165, 1.54) is 22.4 Å². The van der Waals surface area contributed by atoms with Gasteiger partial charge in [0.25, 0.3) is 0 Å². The maximum absolute atomic E-state index is 6.23. The summed E-state index contributed by atoms with van der Waals surface area (Å²) in [5.74, 6) is 0. The molecule has 2 rings (SSSR count). The molecule has 0 amide bonds. The first-order valence-electron chi connectivity index (χ1n) is 6.63. The van der Waals surface area contributed by atoms with E-state index in [-0.39, 0.29) is 5.38 Å². The second kappa shape index (κ2) is 5.38. The van der Waals surface area contributed by atoms with Crippen molar-refractivity contribution in [2.45, 2.75) is 46.5 Å². The molecule has 0 spiro atoms. The Balaban J connectivity index is 2.36. The van der Waals surface area contributed by atoms with Gasteiger partial charge in [-0.1, -0.05) is 29.3 Å². The maximum Gasteiger partial charge on any atom is 0.0662 e. The minimum atomic E-state index is 0.00740. The number of alkyl halides is 1. The molecule has 2 aromatic rings. The highest BCUT2D eigenvalue weighted by atomic mass is 35.5. The van der Waals surface area contributed by atoms with Crippen molar-refractivity contribution in [1.29, 1.82) is 0 Å². The van der Waals surface area contributed by atoms with Gasteiger partial charge in [0, 0.05) is 11.3 Å². The molecule has 1 aromatic heterocycles. The van der Waals surface area contributed by atoms with Crippen LogP contribution in [0.2, 0.25) is 0 Å². The first-order valence-corrected chi connectivity index (χ1v) is 7.07. The number of aryl methyl sites for hydroxylation is 3. The molecule has 0 bridgehead atoms. The van der Waals surface area contributed by atoms with Crippen LogP contribution in [0.1, 0.15) is 45.9 Å². The average molecular weight is 277 g/mol. The van der Waals surface area contributed by atoms with E-state index in [0.29, 0.717) is 0 Å². The smallest absolute Gasteiger partial charge is 0.0662 e. The first-order chi connectivity index (χ1) is 8.88. The van der Waals surface area contributed by atoms with Crippen LogP contribution in [0, 0.1) is 27.7 Å². The summed E-state index contributed by atoms with van der Waals surface area (Å²) in [4.78, 5) is 0. The van der Waals surface area contributed by atoms with Crippen molar-refractivity contribution in [3.05, 3.63) is 51.8 Å². The Morgan fingerprint density at radius 1 is 1.11 bits per heavy atom. The molecule has 1 atom stereocenters. The Kier molecular flexibility index (Phi) is 4.00. The van der Waals surface area contributed by atoms with E-state index in [4.69, 9.17) is 11.6 Å². The van der Waals surface area contributed by atoms with Gasteiger partial charge >= 0.3 is 0 Å². The van der Waals surface area contributed by atoms with Crippen LogP contribution in [0.15, 0.2) is 18.2 Å². The van der Waals surface area contributed by atoms with Gasteiger partial charge in [-0.05, 0) is 40.2 Å². The molecule has 0 fully saturated rings. The van der Waals surface area contributed by atoms with Crippen molar-refractivity contribution in [2.75, 3.05) is 0 Å². The van der Waals surface area contributed by atoms with Crippen LogP contribution in [0.4, 0.5) is 0 Å². The molecular weight excluding hydrogens is 256 g/mol. The molecule has 0 N–H and O–H groups in total. The quantitative estimate of drug-likeness (QED) is 0.757. The van der Waals surface area contributed by atoms with Gasteiger partial charge in [-0.3, -0.25) is 4.68 Å². The molecule has 1 heterocycles. The SMILES string of the molecule is Cc1cc(C)cc(Cn2nc(C)c(C(C)Cl)c2C)c1. The summed E-state index contributed by atoms with van der Waals surface area (Å²) in [5.41, 5.74) is 7.23. The van der Waals surface area contributed by atoms with Gasteiger partial charge in [0.05, 0.1) is 17.6 Å². The van der Waals surface area contributed by atoms with E-state index in [0.717, 1.165) is 17.8 Å². The molecule has 0 saturated carbocycles. The lowest BCUT2D eigenvalue weighted by Gasteiger charge is -2.08. The molecule has 0 aliphatic heterocycles.